The summed E-state index contributed by atoms with van der Waals surface area (Å²) >= 11 is 0. The van der Waals surface area contributed by atoms with Crippen LogP contribution < -0.4 is 0 Å². The van der Waals surface area contributed by atoms with Crippen LogP contribution in [0.4, 0.5) is 0 Å². The first-order valence-electron chi connectivity index (χ1n) is 5.12. The molecule has 1 aliphatic heterocycles. The molecule has 98 valence electrons. The van der Waals surface area contributed by atoms with E-state index in [9.17, 15) is 19.2 Å². The van der Waals surface area contributed by atoms with Gasteiger partial charge in [-0.05, 0) is 7.05 Å². The van der Waals surface area contributed by atoms with E-state index in [1.807, 2.05) is 0 Å². The van der Waals surface area contributed by atoms with Crippen molar-refractivity contribution >= 4 is 30.7 Å². The average molecular weight is 257 g/mol. The van der Waals surface area contributed by atoms with Gasteiger partial charge >= 0.3 is 25.0 Å². The Morgan fingerprint density at radius 2 is 1.78 bits per heavy atom. The summed E-state index contributed by atoms with van der Waals surface area (Å²) in [5.74, 6) is -2.07. The summed E-state index contributed by atoms with van der Waals surface area (Å²) < 4.78 is 13.8. The summed E-state index contributed by atoms with van der Waals surface area (Å²) in [6.45, 7) is 0.244. The zero-order valence-corrected chi connectivity index (χ0v) is 10.0. The summed E-state index contributed by atoms with van der Waals surface area (Å²) in [6.07, 6.45) is 0. The molecule has 0 N–H and O–H groups in total. The monoisotopic (exact) mass is 257 g/mol. The number of nitrogens with zero attached hydrogens (tertiary/aromatic N) is 1. The van der Waals surface area contributed by atoms with E-state index in [0.29, 0.717) is 0 Å². The number of carbonyl (C=O) groups excluding carboxylic acids is 4. The topological polar surface area (TPSA) is 99.2 Å². The highest BCUT2D eigenvalue weighted by Gasteiger charge is 2.39. The normalized spacial score (nSPS) is 17.3. The van der Waals surface area contributed by atoms with Crippen molar-refractivity contribution in [1.29, 1.82) is 0 Å². The lowest BCUT2D eigenvalue weighted by Gasteiger charge is -2.21. The number of esters is 1. The maximum absolute atomic E-state index is 11.5. The Morgan fingerprint density at radius 3 is 2.22 bits per heavy atom. The van der Waals surface area contributed by atoms with Crippen LogP contribution in [0.5, 0.6) is 0 Å². The number of rotatable bonds is 3. The van der Waals surface area contributed by atoms with Gasteiger partial charge in [0.15, 0.2) is 0 Å². The minimum atomic E-state index is -1.65. The zero-order valence-electron chi connectivity index (χ0n) is 10.0. The van der Waals surface area contributed by atoms with Crippen LogP contribution in [0, 0.1) is 0 Å². The van der Waals surface area contributed by atoms with Crippen LogP contribution >= 0.6 is 0 Å². The summed E-state index contributed by atoms with van der Waals surface area (Å²) in [5.41, 5.74) is -0.809. The van der Waals surface area contributed by atoms with Crippen LogP contribution in [-0.2, 0) is 33.2 Å². The summed E-state index contributed by atoms with van der Waals surface area (Å²) in [6, 6.07) is 0. The van der Waals surface area contributed by atoms with E-state index in [-0.39, 0.29) is 13.1 Å². The van der Waals surface area contributed by atoms with Gasteiger partial charge < -0.3 is 14.0 Å². The molecule has 8 nitrogen and oxygen atoms in total. The third kappa shape index (κ3) is 4.54. The third-order valence-electron chi connectivity index (χ3n) is 1.96. The fourth-order valence-electron chi connectivity index (χ4n) is 1.21. The molecular weight excluding hydrogens is 245 g/mol. The fraction of sp³-hybridized carbons (Fsp3) is 0.556. The van der Waals surface area contributed by atoms with E-state index in [4.69, 9.17) is 0 Å². The van der Waals surface area contributed by atoms with Crippen LogP contribution in [-0.4, -0.2) is 62.4 Å². The van der Waals surface area contributed by atoms with Crippen molar-refractivity contribution in [1.82, 2.24) is 4.90 Å². The maximum atomic E-state index is 11.5. The Morgan fingerprint density at radius 1 is 1.28 bits per heavy atom. The van der Waals surface area contributed by atoms with Gasteiger partial charge in [-0.25, -0.2) is 0 Å². The molecule has 18 heavy (non-hydrogen) atoms. The molecule has 0 bridgehead atoms. The summed E-state index contributed by atoms with van der Waals surface area (Å²) in [5, 5.41) is 0. The van der Waals surface area contributed by atoms with Gasteiger partial charge in [0.05, 0.1) is 13.1 Å². The molecule has 0 aromatic carbocycles. The molecule has 1 saturated heterocycles. The molecule has 0 aliphatic carbocycles. The Balaban J connectivity index is 2.62. The Hall–Kier alpha value is -1.90. The Labute approximate surface area is 103 Å². The van der Waals surface area contributed by atoms with Gasteiger partial charge in [0.25, 0.3) is 0 Å². The van der Waals surface area contributed by atoms with Crippen molar-refractivity contribution in [2.24, 2.45) is 0 Å². The van der Waals surface area contributed by atoms with E-state index in [1.54, 1.807) is 0 Å². The number of hydrogen-bond donors (Lipinski definition) is 0. The molecule has 1 rings (SSSR count). The highest BCUT2D eigenvalue weighted by Crippen LogP contribution is 2.01. The molecule has 1 fully saturated rings. The summed E-state index contributed by atoms with van der Waals surface area (Å²) in [7, 11) is -0.123. The van der Waals surface area contributed by atoms with Gasteiger partial charge in [0.2, 0.25) is 5.68 Å². The fourth-order valence-corrected chi connectivity index (χ4v) is 1.21. The van der Waals surface area contributed by atoms with Crippen LogP contribution in [0.1, 0.15) is 6.92 Å². The largest absolute Gasteiger partial charge is 0.678 e. The van der Waals surface area contributed by atoms with Gasteiger partial charge in [0, 0.05) is 6.92 Å². The molecule has 0 amide bonds. The zero-order chi connectivity index (χ0) is 13.7. The highest BCUT2D eigenvalue weighted by molar-refractivity contribution is 6.83. The van der Waals surface area contributed by atoms with Gasteiger partial charge in [-0.1, -0.05) is 0 Å². The second kappa shape index (κ2) is 6.15. The number of likely N-dealkylation sites (N-methyl/N-ethyl adjacent to an activating group) is 1. The predicted octanol–water partition coefficient (Wildman–Crippen LogP) is -1.82. The minimum absolute atomic E-state index is 0.132. The average Bonchev–Trinajstić information content (AvgIpc) is 2.22. The molecule has 0 unspecified atom stereocenters. The van der Waals surface area contributed by atoms with Crippen molar-refractivity contribution in [3.8, 4) is 0 Å². The summed E-state index contributed by atoms with van der Waals surface area (Å²) in [4.78, 5) is 46.0. The van der Waals surface area contributed by atoms with Crippen LogP contribution in [0.2, 0.25) is 0 Å². The molecule has 0 atom stereocenters. The molecule has 0 spiro atoms. The van der Waals surface area contributed by atoms with Crippen molar-refractivity contribution < 1.29 is 33.2 Å². The number of carbonyl (C=O) groups is 4. The molecule has 0 aromatic rings. The second-order valence-corrected chi connectivity index (χ2v) is 3.73. The van der Waals surface area contributed by atoms with Crippen molar-refractivity contribution in [3.63, 3.8) is 0 Å². The van der Waals surface area contributed by atoms with Gasteiger partial charge in [0.1, 0.15) is 6.61 Å². The lowest BCUT2D eigenvalue weighted by atomic mass is 9.83. The van der Waals surface area contributed by atoms with E-state index < -0.39 is 37.3 Å². The molecule has 1 heterocycles. The van der Waals surface area contributed by atoms with Gasteiger partial charge in [-0.3, -0.25) is 24.1 Å². The lowest BCUT2D eigenvalue weighted by Crippen LogP contribution is -2.47. The first-order chi connectivity index (χ1) is 8.38. The predicted molar refractivity (Wildman–Crippen MR) is 57.1 cm³/mol. The Kier molecular flexibility index (Phi) is 4.84. The molecule has 9 heteroatoms. The first-order valence-corrected chi connectivity index (χ1v) is 5.12. The van der Waals surface area contributed by atoms with Crippen molar-refractivity contribution in [2.45, 2.75) is 6.92 Å². The third-order valence-corrected chi connectivity index (χ3v) is 1.96. The maximum Gasteiger partial charge on any atom is 0.678 e. The molecule has 0 aromatic heterocycles. The van der Waals surface area contributed by atoms with Crippen LogP contribution in [0.25, 0.3) is 0 Å². The van der Waals surface area contributed by atoms with Crippen LogP contribution in [0.15, 0.2) is 0 Å². The lowest BCUT2D eigenvalue weighted by molar-refractivity contribution is -0.149. The van der Waals surface area contributed by atoms with Crippen LogP contribution in [0.3, 0.4) is 0 Å². The van der Waals surface area contributed by atoms with Crippen molar-refractivity contribution in [2.75, 3.05) is 26.7 Å². The van der Waals surface area contributed by atoms with E-state index in [1.165, 1.54) is 11.9 Å². The first kappa shape index (κ1) is 14.2. The second-order valence-electron chi connectivity index (χ2n) is 3.73. The van der Waals surface area contributed by atoms with E-state index in [2.05, 4.69) is 14.0 Å². The Bertz CT molecular complexity index is 363. The van der Waals surface area contributed by atoms with E-state index in [0.717, 1.165) is 6.92 Å². The smallest absolute Gasteiger partial charge is 0.492 e. The van der Waals surface area contributed by atoms with E-state index >= 15 is 0 Å². The highest BCUT2D eigenvalue weighted by atomic mass is 16.6. The SMILES string of the molecule is CC(=O)OCC(=O)B1OC(=O)CN(C)CC(=O)O1. The van der Waals surface area contributed by atoms with Gasteiger partial charge in [-0.15, -0.1) is 0 Å². The standard InChI is InChI=1S/C9H12BNO7/c1-6(12)16-5-7(13)10-17-8(14)3-11(2)4-9(15)18-10/h3-5H2,1-2H3. The van der Waals surface area contributed by atoms with Gasteiger partial charge in [-0.2, -0.15) is 0 Å². The molecule has 1 aliphatic rings. The number of ether oxygens (including phenoxy) is 1. The van der Waals surface area contributed by atoms with Crippen molar-refractivity contribution in [3.05, 3.63) is 0 Å². The quantitative estimate of drug-likeness (QED) is 0.430. The minimum Gasteiger partial charge on any atom is -0.492 e. The number of hydrogen-bond acceptors (Lipinski definition) is 8. The molecule has 0 radical (unpaired) electrons. The molecular formula is C9H12BNO7. The molecule has 0 saturated carbocycles.